The maximum absolute atomic E-state index is 9.19. The molecule has 2 aliphatic heterocycles. The Kier molecular flexibility index (Phi) is 8.95. The number of halogens is 1. The molecule has 0 saturated carbocycles. The molecule has 2 heterocycles. The van der Waals surface area contributed by atoms with E-state index in [0.29, 0.717) is 12.3 Å². The third-order valence-corrected chi connectivity index (χ3v) is 6.79. The summed E-state index contributed by atoms with van der Waals surface area (Å²) in [5, 5.41) is 0. The lowest BCUT2D eigenvalue weighted by molar-refractivity contribution is 0.110. The van der Waals surface area contributed by atoms with Crippen molar-refractivity contribution in [2.45, 2.75) is 22.3 Å². The van der Waals surface area contributed by atoms with Crippen molar-refractivity contribution in [2.75, 3.05) is 39.5 Å². The van der Waals surface area contributed by atoms with Gasteiger partial charge in [0.2, 0.25) is 0 Å². The number of hydrogen-bond donors (Lipinski definition) is 1. The Morgan fingerprint density at radius 1 is 1.07 bits per heavy atom. The minimum absolute atomic E-state index is 0. The third kappa shape index (κ3) is 7.20. The van der Waals surface area contributed by atoms with Crippen molar-refractivity contribution >= 4 is 44.5 Å². The first kappa shape index (κ1) is 24.6. The molecule has 2 aromatic carbocycles. The lowest BCUT2D eigenvalue weighted by atomic mass is 9.97. The van der Waals surface area contributed by atoms with Gasteiger partial charge in [-0.2, -0.15) is 8.42 Å². The number of rotatable bonds is 1. The van der Waals surface area contributed by atoms with E-state index in [9.17, 15) is 8.42 Å². The van der Waals surface area contributed by atoms with Gasteiger partial charge >= 0.3 is 0 Å². The summed E-state index contributed by atoms with van der Waals surface area (Å²) in [5.41, 5.74) is 3.01. The summed E-state index contributed by atoms with van der Waals surface area (Å²) in [5.74, 6) is 0. The maximum atomic E-state index is 9.19. The van der Waals surface area contributed by atoms with Crippen molar-refractivity contribution in [3.63, 3.8) is 0 Å². The highest BCUT2D eigenvalue weighted by atomic mass is 127. The van der Waals surface area contributed by atoms with E-state index in [2.05, 4.69) is 81.9 Å². The van der Waals surface area contributed by atoms with E-state index in [1.807, 2.05) is 11.8 Å². The Balaban J connectivity index is 0.000000450. The molecule has 1 unspecified atom stereocenters. The molecule has 6 nitrogen and oxygen atoms in total. The maximum Gasteiger partial charge on any atom is 0.261 e. The van der Waals surface area contributed by atoms with Crippen molar-refractivity contribution in [1.82, 2.24) is 9.80 Å². The molecular weight excluding hydrogens is 523 g/mol. The van der Waals surface area contributed by atoms with Gasteiger partial charge in [-0.1, -0.05) is 30.0 Å². The van der Waals surface area contributed by atoms with Gasteiger partial charge in [-0.15, -0.1) is 0 Å². The molecule has 0 aliphatic carbocycles. The normalized spacial score (nSPS) is 19.7. The zero-order chi connectivity index (χ0) is 20.3. The van der Waals surface area contributed by atoms with E-state index >= 15 is 0 Å². The van der Waals surface area contributed by atoms with E-state index < -0.39 is 10.1 Å². The topological polar surface area (TPSA) is 92.4 Å². The zero-order valence-corrected chi connectivity index (χ0v) is 20.3. The highest BCUT2D eigenvalue weighted by Crippen LogP contribution is 2.43. The summed E-state index contributed by atoms with van der Waals surface area (Å²) in [7, 11) is -1.44. The predicted octanol–water partition coefficient (Wildman–Crippen LogP) is 2.97. The largest absolute Gasteiger partial charge is 0.412 e. The number of piperazine rings is 1. The van der Waals surface area contributed by atoms with Crippen LogP contribution in [0.2, 0.25) is 0 Å². The first-order chi connectivity index (χ1) is 13.2. The average molecular weight is 550 g/mol. The fourth-order valence-electron chi connectivity index (χ4n) is 3.55. The fourth-order valence-corrected chi connectivity index (χ4v) is 5.22. The average Bonchev–Trinajstić information content (AvgIpc) is 2.77. The van der Waals surface area contributed by atoms with Crippen LogP contribution < -0.4 is 0 Å². The molecule has 2 aliphatic rings. The smallest absolute Gasteiger partial charge is 0.261 e. The van der Waals surface area contributed by atoms with Crippen LogP contribution in [-0.4, -0.2) is 67.7 Å². The Morgan fingerprint density at radius 2 is 1.69 bits per heavy atom. The van der Waals surface area contributed by atoms with Gasteiger partial charge in [0.25, 0.3) is 10.1 Å². The Hall–Kier alpha value is -0.690. The second-order valence-electron chi connectivity index (χ2n) is 7.18. The quantitative estimate of drug-likeness (QED) is 0.434. The second-order valence-corrected chi connectivity index (χ2v) is 11.0. The summed E-state index contributed by atoms with van der Waals surface area (Å²) < 4.78 is 27.2. The van der Waals surface area contributed by atoms with E-state index in [-0.39, 0.29) is 5.48 Å². The van der Waals surface area contributed by atoms with E-state index in [1.165, 1.54) is 50.7 Å². The molecule has 0 spiro atoms. The Morgan fingerprint density at radius 3 is 2.34 bits per heavy atom. The molecule has 0 radical (unpaired) electrons. The van der Waals surface area contributed by atoms with Gasteiger partial charge in [-0.3, -0.25) is 9.45 Å². The predicted molar refractivity (Wildman–Crippen MR) is 126 cm³/mol. The lowest BCUT2D eigenvalue weighted by Crippen LogP contribution is -2.46. The van der Waals surface area contributed by atoms with Crippen molar-refractivity contribution < 1.29 is 18.4 Å². The molecule has 0 amide bonds. The van der Waals surface area contributed by atoms with Gasteiger partial charge < -0.3 is 10.4 Å². The summed E-state index contributed by atoms with van der Waals surface area (Å²) in [6, 6.07) is 16.4. The van der Waals surface area contributed by atoms with Crippen LogP contribution in [0.1, 0.15) is 17.2 Å². The minimum Gasteiger partial charge on any atom is -0.412 e. The van der Waals surface area contributed by atoms with Crippen LogP contribution in [-0.2, 0) is 16.5 Å². The molecule has 3 N–H and O–H groups in total. The van der Waals surface area contributed by atoms with Crippen LogP contribution >= 0.6 is 34.4 Å². The van der Waals surface area contributed by atoms with Gasteiger partial charge in [-0.05, 0) is 71.5 Å². The Bertz CT molecular complexity index is 924. The molecule has 160 valence electrons. The zero-order valence-electron chi connectivity index (χ0n) is 16.5. The van der Waals surface area contributed by atoms with E-state index in [4.69, 9.17) is 4.55 Å². The van der Waals surface area contributed by atoms with Crippen molar-refractivity contribution in [3.05, 3.63) is 57.2 Å². The molecule has 2 aromatic rings. The fraction of sp³-hybridized carbons (Fsp3) is 0.400. The van der Waals surface area contributed by atoms with Crippen LogP contribution in [0.25, 0.3) is 0 Å². The van der Waals surface area contributed by atoms with Crippen molar-refractivity contribution in [1.29, 1.82) is 0 Å². The lowest BCUT2D eigenvalue weighted by Gasteiger charge is -2.38. The van der Waals surface area contributed by atoms with Gasteiger partial charge in [0.05, 0.1) is 6.26 Å². The summed E-state index contributed by atoms with van der Waals surface area (Å²) in [4.78, 5) is 7.98. The first-order valence-corrected chi connectivity index (χ1v) is 12.9. The van der Waals surface area contributed by atoms with Gasteiger partial charge in [0.15, 0.2) is 0 Å². The van der Waals surface area contributed by atoms with Crippen LogP contribution in [0.15, 0.2) is 52.3 Å². The molecule has 0 aromatic heterocycles. The SMILES string of the molecule is CN1CCN(C2Cc3cc(I)ccc3Sc3ccccc32)CC1.CS(=O)(=O)O.O. The molecule has 4 rings (SSSR count). The highest BCUT2D eigenvalue weighted by molar-refractivity contribution is 14.1. The summed E-state index contributed by atoms with van der Waals surface area (Å²) in [6.45, 7) is 4.68. The summed E-state index contributed by atoms with van der Waals surface area (Å²) >= 11 is 4.37. The summed E-state index contributed by atoms with van der Waals surface area (Å²) in [6.07, 6.45) is 1.84. The third-order valence-electron chi connectivity index (χ3n) is 4.91. The van der Waals surface area contributed by atoms with Crippen molar-refractivity contribution in [2.24, 2.45) is 0 Å². The molecule has 0 bridgehead atoms. The number of likely N-dealkylation sites (N-methyl/N-ethyl adjacent to an activating group) is 1. The van der Waals surface area contributed by atoms with E-state index in [1.54, 1.807) is 0 Å². The molecule has 29 heavy (non-hydrogen) atoms. The van der Waals surface area contributed by atoms with E-state index in [0.717, 1.165) is 6.42 Å². The first-order valence-electron chi connectivity index (χ1n) is 9.11. The van der Waals surface area contributed by atoms with Crippen molar-refractivity contribution in [3.8, 4) is 0 Å². The van der Waals surface area contributed by atoms with Crippen LogP contribution in [0.4, 0.5) is 0 Å². The van der Waals surface area contributed by atoms with Gasteiger partial charge in [0, 0.05) is 45.6 Å². The molecular formula is C20H27IN2O4S2. The van der Waals surface area contributed by atoms with Crippen LogP contribution in [0.3, 0.4) is 0 Å². The molecule has 9 heteroatoms. The van der Waals surface area contributed by atoms with Crippen LogP contribution in [0.5, 0.6) is 0 Å². The number of hydrogen-bond acceptors (Lipinski definition) is 5. The van der Waals surface area contributed by atoms with Crippen LogP contribution in [0, 0.1) is 3.57 Å². The Labute approximate surface area is 190 Å². The monoisotopic (exact) mass is 550 g/mol. The second kappa shape index (κ2) is 10.6. The molecule has 1 saturated heterocycles. The standard InChI is InChI=1S/C19H21IN2S.CH4O3S.H2O/c1-21-8-10-22(11-9-21)17-13-14-12-15(20)6-7-18(14)23-19-5-3-2-4-16(17)19;1-5(2,3)4;/h2-7,12,17H,8-11,13H2,1H3;1H3,(H,2,3,4);1H2. The minimum atomic E-state index is -3.67. The van der Waals surface area contributed by atoms with Gasteiger partial charge in [-0.25, -0.2) is 0 Å². The number of benzene rings is 2. The highest BCUT2D eigenvalue weighted by Gasteiger charge is 2.29. The molecule has 1 atom stereocenters. The number of fused-ring (bicyclic) bond motifs is 2. The number of nitrogens with zero attached hydrogens (tertiary/aromatic N) is 2. The van der Waals surface area contributed by atoms with Gasteiger partial charge in [0.1, 0.15) is 0 Å². The molecule has 1 fully saturated rings.